The number of benzene rings is 4. The molecular formula is C43H38IrN4O-2. The fraction of sp³-hybridized carbons (Fsp3) is 0.186. The van der Waals surface area contributed by atoms with Gasteiger partial charge < -0.3 is 14.0 Å². The Morgan fingerprint density at radius 3 is 2.22 bits per heavy atom. The molecule has 6 heteroatoms. The molecule has 0 saturated heterocycles. The average Bonchev–Trinajstić information content (AvgIpc) is 3.73. The second-order valence-electron chi connectivity index (χ2n) is 12.3. The van der Waals surface area contributed by atoms with E-state index < -0.39 is 13.7 Å². The normalized spacial score (nSPS) is 13.6. The Hall–Kier alpha value is -4.90. The van der Waals surface area contributed by atoms with Crippen LogP contribution in [0.4, 0.5) is 0 Å². The summed E-state index contributed by atoms with van der Waals surface area (Å²) in [7, 11) is 0. The monoisotopic (exact) mass is 825 g/mol. The molecule has 0 spiro atoms. The van der Waals surface area contributed by atoms with Gasteiger partial charge in [-0.15, -0.1) is 54.1 Å². The van der Waals surface area contributed by atoms with E-state index in [1.165, 1.54) is 17.3 Å². The van der Waals surface area contributed by atoms with Gasteiger partial charge in [-0.1, -0.05) is 81.1 Å². The maximum Gasteiger partial charge on any atom is 0.216 e. The third-order valence-corrected chi connectivity index (χ3v) is 8.40. The molecule has 0 N–H and O–H groups in total. The molecule has 5 nitrogen and oxygen atoms in total. The van der Waals surface area contributed by atoms with Gasteiger partial charge in [0, 0.05) is 51.3 Å². The zero-order chi connectivity index (χ0) is 38.4. The number of hydrogen-bond donors (Lipinski definition) is 0. The SMILES string of the molecule is [2H]C([2H])([2H])c1ccc(-c2[c-]cccc2)nc1.[2H]C([2H])([2H])c1ccc2c(n1)oc1c(-c3nc4ccccc4n3-c3c(C(C)C)cccc3C(C)C)[c-]ccc12.[Ir]. The predicted molar refractivity (Wildman–Crippen MR) is 197 cm³/mol. The third-order valence-electron chi connectivity index (χ3n) is 8.40. The van der Waals surface area contributed by atoms with Crippen LogP contribution < -0.4 is 0 Å². The summed E-state index contributed by atoms with van der Waals surface area (Å²) in [4.78, 5) is 13.6. The van der Waals surface area contributed by atoms with Crippen molar-refractivity contribution in [2.24, 2.45) is 0 Å². The van der Waals surface area contributed by atoms with Gasteiger partial charge in [-0.25, -0.2) is 4.98 Å². The second-order valence-corrected chi connectivity index (χ2v) is 12.3. The van der Waals surface area contributed by atoms with E-state index in [9.17, 15) is 0 Å². The Labute approximate surface area is 309 Å². The number of fused-ring (bicyclic) bond motifs is 4. The van der Waals surface area contributed by atoms with Crippen molar-refractivity contribution in [2.75, 3.05) is 0 Å². The van der Waals surface area contributed by atoms with Gasteiger partial charge >= 0.3 is 0 Å². The molecule has 0 amide bonds. The Balaban J connectivity index is 0.000000254. The maximum atomic E-state index is 7.76. The summed E-state index contributed by atoms with van der Waals surface area (Å²) in [6.07, 6.45) is 1.39. The largest absolute Gasteiger partial charge is 0.486 e. The Bertz CT molecular complexity index is 2570. The molecule has 4 aromatic carbocycles. The van der Waals surface area contributed by atoms with E-state index in [1.54, 1.807) is 30.3 Å². The van der Waals surface area contributed by atoms with Crippen LogP contribution in [0.2, 0.25) is 0 Å². The maximum absolute atomic E-state index is 7.76. The van der Waals surface area contributed by atoms with Crippen LogP contribution in [-0.2, 0) is 20.1 Å². The van der Waals surface area contributed by atoms with Gasteiger partial charge in [-0.3, -0.25) is 4.98 Å². The number of imidazole rings is 1. The summed E-state index contributed by atoms with van der Waals surface area (Å²) in [5.41, 5.74) is 8.93. The molecule has 0 aliphatic rings. The van der Waals surface area contributed by atoms with Crippen molar-refractivity contribution < 1.29 is 32.7 Å². The quantitative estimate of drug-likeness (QED) is 0.162. The Morgan fingerprint density at radius 2 is 1.53 bits per heavy atom. The first-order valence-electron chi connectivity index (χ1n) is 19.0. The van der Waals surface area contributed by atoms with Crippen molar-refractivity contribution in [3.63, 3.8) is 0 Å². The number of rotatable bonds is 5. The molecule has 0 saturated carbocycles. The zero-order valence-corrected chi connectivity index (χ0v) is 30.0. The number of hydrogen-bond acceptors (Lipinski definition) is 4. The topological polar surface area (TPSA) is 56.7 Å². The summed E-state index contributed by atoms with van der Waals surface area (Å²) in [6, 6.07) is 38.9. The molecule has 8 aromatic rings. The molecular weight excluding hydrogens is 781 g/mol. The van der Waals surface area contributed by atoms with Crippen LogP contribution in [0.25, 0.3) is 61.4 Å². The van der Waals surface area contributed by atoms with Gasteiger partial charge in [0.25, 0.3) is 0 Å². The van der Waals surface area contributed by atoms with E-state index in [-0.39, 0.29) is 31.4 Å². The third kappa shape index (κ3) is 6.59. The van der Waals surface area contributed by atoms with E-state index in [1.807, 2.05) is 48.5 Å². The first-order valence-corrected chi connectivity index (χ1v) is 16.0. The summed E-state index contributed by atoms with van der Waals surface area (Å²) < 4.78 is 53.5. The predicted octanol–water partition coefficient (Wildman–Crippen LogP) is 11.2. The van der Waals surface area contributed by atoms with Crippen molar-refractivity contribution in [2.45, 2.75) is 53.2 Å². The molecule has 4 heterocycles. The van der Waals surface area contributed by atoms with Crippen molar-refractivity contribution in [1.82, 2.24) is 19.5 Å². The number of nitrogens with zero attached hydrogens (tertiary/aromatic N) is 4. The fourth-order valence-corrected chi connectivity index (χ4v) is 6.08. The minimum Gasteiger partial charge on any atom is -0.486 e. The van der Waals surface area contributed by atoms with Crippen LogP contribution in [0, 0.1) is 25.8 Å². The van der Waals surface area contributed by atoms with E-state index in [4.69, 9.17) is 17.6 Å². The minimum atomic E-state index is -2.32. The Kier molecular flexibility index (Phi) is 7.87. The number of pyridine rings is 2. The van der Waals surface area contributed by atoms with Crippen molar-refractivity contribution in [1.29, 1.82) is 0 Å². The minimum absolute atomic E-state index is 0. The number of aryl methyl sites for hydroxylation is 2. The molecule has 0 aliphatic carbocycles. The standard InChI is InChI=1S/C31H28N3O.C12H10N.Ir/c1-18(2)21-10-8-11-22(19(3)4)28(21)34-27-15-7-6-14-26(27)33-30(34)25-13-9-12-23-24-17-16-20(5)32-31(24)35-29(23)25;1-10-7-8-12(13-9-10)11-5-3-2-4-6-11;/h6-12,14-19H,1-5H3;2-5,7-9H,1H3;/q2*-1;/i5D3;1D3;. The molecule has 1 radical (unpaired) electrons. The summed E-state index contributed by atoms with van der Waals surface area (Å²) >= 11 is 0. The first kappa shape index (κ1) is 27.0. The van der Waals surface area contributed by atoms with Crippen LogP contribution in [-0.4, -0.2) is 19.5 Å². The van der Waals surface area contributed by atoms with Crippen LogP contribution in [0.5, 0.6) is 0 Å². The van der Waals surface area contributed by atoms with E-state index in [2.05, 4.69) is 78.6 Å². The second kappa shape index (κ2) is 14.3. The zero-order valence-electron chi connectivity index (χ0n) is 33.6. The summed E-state index contributed by atoms with van der Waals surface area (Å²) in [6.45, 7) is 4.43. The number of para-hydroxylation sites is 3. The van der Waals surface area contributed by atoms with E-state index in [0.717, 1.165) is 44.6 Å². The van der Waals surface area contributed by atoms with E-state index >= 15 is 0 Å². The molecule has 0 aliphatic heterocycles. The molecule has 49 heavy (non-hydrogen) atoms. The van der Waals surface area contributed by atoms with Crippen molar-refractivity contribution in [3.8, 4) is 28.3 Å². The smallest absolute Gasteiger partial charge is 0.216 e. The van der Waals surface area contributed by atoms with Gasteiger partial charge in [0.2, 0.25) is 5.71 Å². The van der Waals surface area contributed by atoms with Crippen LogP contribution in [0.1, 0.15) is 70.1 Å². The first-order chi connectivity index (χ1) is 25.7. The van der Waals surface area contributed by atoms with Gasteiger partial charge in [0.05, 0.1) is 22.4 Å². The van der Waals surface area contributed by atoms with Gasteiger partial charge in [-0.05, 0) is 72.2 Å². The molecule has 8 rings (SSSR count). The van der Waals surface area contributed by atoms with Crippen molar-refractivity contribution in [3.05, 3.63) is 144 Å². The molecule has 247 valence electrons. The number of aromatic nitrogens is 4. The summed E-state index contributed by atoms with van der Waals surface area (Å²) in [5, 5.41) is 1.61. The van der Waals surface area contributed by atoms with Gasteiger partial charge in [0.15, 0.2) is 0 Å². The number of furan rings is 1. The van der Waals surface area contributed by atoms with Crippen LogP contribution >= 0.6 is 0 Å². The van der Waals surface area contributed by atoms with Gasteiger partial charge in [-0.2, -0.15) is 0 Å². The van der Waals surface area contributed by atoms with E-state index in [0.29, 0.717) is 28.7 Å². The van der Waals surface area contributed by atoms with Crippen molar-refractivity contribution >= 4 is 33.1 Å². The molecule has 0 fully saturated rings. The van der Waals surface area contributed by atoms with Crippen LogP contribution in [0.15, 0.2) is 114 Å². The molecule has 0 unspecified atom stereocenters. The van der Waals surface area contributed by atoms with Gasteiger partial charge in [0.1, 0.15) is 0 Å². The fourth-order valence-electron chi connectivity index (χ4n) is 6.08. The molecule has 4 aromatic heterocycles. The molecule has 0 atom stereocenters. The van der Waals surface area contributed by atoms with Crippen LogP contribution in [0.3, 0.4) is 0 Å². The average molecular weight is 825 g/mol. The molecule has 0 bridgehead atoms. The summed E-state index contributed by atoms with van der Waals surface area (Å²) in [5.74, 6) is 1.32. The Morgan fingerprint density at radius 1 is 0.735 bits per heavy atom.